The van der Waals surface area contributed by atoms with Crippen LogP contribution in [-0.4, -0.2) is 28.5 Å². The molecule has 0 aliphatic rings. The summed E-state index contributed by atoms with van der Waals surface area (Å²) in [4.78, 5) is 18.0. The fourth-order valence-corrected chi connectivity index (χ4v) is 5.55. The largest absolute Gasteiger partial charge is 0.328 e. The minimum absolute atomic E-state index is 0.0820. The molecule has 3 heterocycles. The van der Waals surface area contributed by atoms with Gasteiger partial charge in [0.1, 0.15) is 11.6 Å². The Morgan fingerprint density at radius 3 is 2.38 bits per heavy atom. The third-order valence-corrected chi connectivity index (χ3v) is 7.86. The number of imidazole rings is 2. The van der Waals surface area contributed by atoms with Crippen LogP contribution in [0.15, 0.2) is 59.7 Å². The Labute approximate surface area is 225 Å². The lowest BCUT2D eigenvalue weighted by Crippen LogP contribution is -2.19. The highest BCUT2D eigenvalue weighted by molar-refractivity contribution is 5.90. The average molecular weight is 523 g/mol. The van der Waals surface area contributed by atoms with Gasteiger partial charge in [0.05, 0.1) is 34.0 Å². The molecule has 0 bridgehead atoms. The fraction of sp³-hybridized carbons (Fsp3) is 0.258. The second kappa shape index (κ2) is 8.80. The predicted octanol–water partition coefficient (Wildman–Crippen LogP) is 6.16. The van der Waals surface area contributed by atoms with Crippen LogP contribution in [0.25, 0.3) is 50.3 Å². The van der Waals surface area contributed by atoms with Crippen LogP contribution >= 0.6 is 0 Å². The zero-order valence-corrected chi connectivity index (χ0v) is 23.2. The first-order valence-corrected chi connectivity index (χ1v) is 13.0. The summed E-state index contributed by atoms with van der Waals surface area (Å²) in [5.41, 5.74) is 9.25. The van der Waals surface area contributed by atoms with Crippen LogP contribution in [0.2, 0.25) is 0 Å². The van der Waals surface area contributed by atoms with Crippen LogP contribution in [0.5, 0.6) is 0 Å². The molecule has 0 radical (unpaired) electrons. The summed E-state index contributed by atoms with van der Waals surface area (Å²) in [6.07, 6.45) is 3.46. The van der Waals surface area contributed by atoms with Crippen LogP contribution in [0.4, 0.5) is 4.39 Å². The Bertz CT molecular complexity index is 1980. The highest BCUT2D eigenvalue weighted by Crippen LogP contribution is 2.37. The first kappa shape index (κ1) is 24.9. The van der Waals surface area contributed by atoms with Gasteiger partial charge in [-0.1, -0.05) is 32.0 Å². The van der Waals surface area contributed by atoms with Crippen LogP contribution in [0.3, 0.4) is 0 Å². The maximum atomic E-state index is 15.7. The van der Waals surface area contributed by atoms with Crippen molar-refractivity contribution < 1.29 is 4.39 Å². The van der Waals surface area contributed by atoms with Crippen molar-refractivity contribution in [3.05, 3.63) is 87.9 Å². The minimum Gasteiger partial charge on any atom is -0.295 e. The number of rotatable bonds is 4. The van der Waals surface area contributed by atoms with Crippen molar-refractivity contribution in [3.8, 4) is 28.2 Å². The lowest BCUT2D eigenvalue weighted by atomic mass is 9.99. The van der Waals surface area contributed by atoms with Crippen molar-refractivity contribution >= 4 is 22.1 Å². The van der Waals surface area contributed by atoms with Crippen molar-refractivity contribution in [2.75, 3.05) is 0 Å². The third-order valence-electron chi connectivity index (χ3n) is 7.86. The summed E-state index contributed by atoms with van der Waals surface area (Å²) in [6.45, 7) is 8.40. The van der Waals surface area contributed by atoms with Crippen LogP contribution in [0.1, 0.15) is 36.5 Å². The van der Waals surface area contributed by atoms with Gasteiger partial charge in [0.15, 0.2) is 0 Å². The molecule has 0 fully saturated rings. The molecular weight excluding hydrogens is 491 g/mol. The molecule has 3 aromatic heterocycles. The number of halogens is 1. The SMILES string of the molecule is Cc1cccc(-c2nc3cc(-c4cnn(C)c4)c(F)cc3n2-c2cc(C(C)C)c3c(c2)n(C)c(=O)n3C)c1C. The topological polar surface area (TPSA) is 62.6 Å². The molecule has 0 aliphatic heterocycles. The maximum absolute atomic E-state index is 15.7. The Morgan fingerprint density at radius 2 is 1.69 bits per heavy atom. The van der Waals surface area contributed by atoms with Crippen molar-refractivity contribution in [2.24, 2.45) is 21.1 Å². The molecule has 6 rings (SSSR count). The zero-order valence-electron chi connectivity index (χ0n) is 23.2. The summed E-state index contributed by atoms with van der Waals surface area (Å²) >= 11 is 0. The van der Waals surface area contributed by atoms with Gasteiger partial charge in [-0.25, -0.2) is 14.2 Å². The van der Waals surface area contributed by atoms with Gasteiger partial charge in [-0.3, -0.25) is 18.4 Å². The van der Waals surface area contributed by atoms with E-state index in [1.165, 1.54) is 0 Å². The Morgan fingerprint density at radius 1 is 0.923 bits per heavy atom. The average Bonchev–Trinajstić information content (AvgIpc) is 3.55. The molecule has 0 spiro atoms. The fourth-order valence-electron chi connectivity index (χ4n) is 5.55. The van der Waals surface area contributed by atoms with Crippen molar-refractivity contribution in [1.29, 1.82) is 0 Å². The molecule has 8 heteroatoms. The molecule has 198 valence electrons. The van der Waals surface area contributed by atoms with E-state index in [2.05, 4.69) is 51.0 Å². The molecule has 0 N–H and O–H groups in total. The third kappa shape index (κ3) is 3.73. The molecule has 0 unspecified atom stereocenters. The van der Waals surface area contributed by atoms with Crippen LogP contribution in [-0.2, 0) is 21.1 Å². The molecule has 6 aromatic rings. The van der Waals surface area contributed by atoms with E-state index in [9.17, 15) is 4.79 Å². The van der Waals surface area contributed by atoms with E-state index in [1.807, 2.05) is 23.7 Å². The normalized spacial score (nSPS) is 11.9. The highest BCUT2D eigenvalue weighted by atomic mass is 19.1. The van der Waals surface area contributed by atoms with Crippen molar-refractivity contribution in [1.82, 2.24) is 28.5 Å². The van der Waals surface area contributed by atoms with E-state index >= 15 is 4.39 Å². The highest BCUT2D eigenvalue weighted by Gasteiger charge is 2.23. The van der Waals surface area contributed by atoms with E-state index in [1.54, 1.807) is 52.4 Å². The summed E-state index contributed by atoms with van der Waals surface area (Å²) < 4.78 is 22.8. The number of nitrogens with zero attached hydrogens (tertiary/aromatic N) is 6. The van der Waals surface area contributed by atoms with E-state index in [0.29, 0.717) is 22.2 Å². The maximum Gasteiger partial charge on any atom is 0.328 e. The Hall–Kier alpha value is -4.46. The molecule has 39 heavy (non-hydrogen) atoms. The molecule has 0 aliphatic carbocycles. The number of aryl methyl sites for hydroxylation is 4. The molecule has 0 saturated heterocycles. The molecule has 0 atom stereocenters. The number of benzene rings is 3. The first-order valence-electron chi connectivity index (χ1n) is 13.0. The monoisotopic (exact) mass is 522 g/mol. The number of fused-ring (bicyclic) bond motifs is 2. The molecule has 3 aromatic carbocycles. The van der Waals surface area contributed by atoms with E-state index < -0.39 is 0 Å². The second-order valence-electron chi connectivity index (χ2n) is 10.7. The molecule has 7 nitrogen and oxygen atoms in total. The Kier molecular flexibility index (Phi) is 5.61. The van der Waals surface area contributed by atoms with Gasteiger partial charge in [0.2, 0.25) is 0 Å². The van der Waals surface area contributed by atoms with Gasteiger partial charge in [-0.2, -0.15) is 5.10 Å². The molecule has 0 amide bonds. The van der Waals surface area contributed by atoms with E-state index in [0.717, 1.165) is 44.8 Å². The van der Waals surface area contributed by atoms with Gasteiger partial charge in [0.25, 0.3) is 0 Å². The first-order chi connectivity index (χ1) is 18.6. The number of hydrogen-bond acceptors (Lipinski definition) is 3. The quantitative estimate of drug-likeness (QED) is 0.278. The zero-order chi connectivity index (χ0) is 27.7. The molecule has 0 saturated carbocycles. The molecular formula is C31H31FN6O. The summed E-state index contributed by atoms with van der Waals surface area (Å²) in [5.74, 6) is 0.540. The van der Waals surface area contributed by atoms with Crippen LogP contribution in [0, 0.1) is 19.7 Å². The van der Waals surface area contributed by atoms with Gasteiger partial charge in [-0.15, -0.1) is 0 Å². The van der Waals surface area contributed by atoms with E-state index in [4.69, 9.17) is 4.98 Å². The van der Waals surface area contributed by atoms with E-state index in [-0.39, 0.29) is 17.4 Å². The van der Waals surface area contributed by atoms with Crippen LogP contribution < -0.4 is 5.69 Å². The lowest BCUT2D eigenvalue weighted by Gasteiger charge is -2.16. The van der Waals surface area contributed by atoms with Crippen molar-refractivity contribution in [2.45, 2.75) is 33.6 Å². The predicted molar refractivity (Wildman–Crippen MR) is 154 cm³/mol. The second-order valence-corrected chi connectivity index (χ2v) is 10.7. The smallest absolute Gasteiger partial charge is 0.295 e. The summed E-state index contributed by atoms with van der Waals surface area (Å²) in [6, 6.07) is 13.6. The number of hydrogen-bond donors (Lipinski definition) is 0. The standard InChI is InChI=1S/C31H31FN6O/c1-17(2)23-11-21(12-28-29(23)37(7)31(39)36(28)6)38-27-14-25(32)24(20-15-33-35(5)16-20)13-26(27)34-30(38)22-10-8-9-18(3)19(22)4/h8-17H,1-7H3. The minimum atomic E-state index is -0.346. The van der Waals surface area contributed by atoms with Gasteiger partial charge in [0, 0.05) is 50.1 Å². The van der Waals surface area contributed by atoms with Gasteiger partial charge >= 0.3 is 5.69 Å². The van der Waals surface area contributed by atoms with Gasteiger partial charge < -0.3 is 0 Å². The number of aromatic nitrogens is 6. The van der Waals surface area contributed by atoms with Gasteiger partial charge in [-0.05, 0) is 54.7 Å². The Balaban J connectivity index is 1.74. The lowest BCUT2D eigenvalue weighted by molar-refractivity contribution is 0.632. The summed E-state index contributed by atoms with van der Waals surface area (Å²) in [7, 11) is 5.41. The summed E-state index contributed by atoms with van der Waals surface area (Å²) in [5, 5.41) is 4.22. The van der Waals surface area contributed by atoms with Crippen molar-refractivity contribution in [3.63, 3.8) is 0 Å².